The minimum absolute atomic E-state index is 0.0159. The van der Waals surface area contributed by atoms with Crippen LogP contribution in [0.3, 0.4) is 0 Å². The molecule has 0 aromatic heterocycles. The standard InChI is InChI=1S/C25H40N2O2S/c1-4-23(30-18-19(2)3)25(29)27-22(17-21-13-9-6-10-14-21)24(28)26-16-15-20-11-7-5-8-12-20/h5,7-8,11-12,19,21-23H,4,6,9-10,13-18H2,1-3H3,(H,26,28)(H,27,29)/t22-,23?/m0/s1. The molecule has 0 bridgehead atoms. The predicted molar refractivity (Wildman–Crippen MR) is 128 cm³/mol. The third-order valence-electron chi connectivity index (χ3n) is 5.78. The number of hydrogen-bond donors (Lipinski definition) is 2. The summed E-state index contributed by atoms with van der Waals surface area (Å²) in [5.74, 6) is 2.03. The molecule has 30 heavy (non-hydrogen) atoms. The Balaban J connectivity index is 1.93. The summed E-state index contributed by atoms with van der Waals surface area (Å²) in [6.07, 6.45) is 8.46. The van der Waals surface area contributed by atoms with Gasteiger partial charge in [0.15, 0.2) is 0 Å². The van der Waals surface area contributed by atoms with Crippen LogP contribution in [0.1, 0.15) is 71.3 Å². The van der Waals surface area contributed by atoms with E-state index in [1.807, 2.05) is 25.1 Å². The summed E-state index contributed by atoms with van der Waals surface area (Å²) in [6, 6.07) is 9.76. The molecule has 1 aliphatic rings. The van der Waals surface area contributed by atoms with Crippen LogP contribution in [-0.2, 0) is 16.0 Å². The zero-order valence-electron chi connectivity index (χ0n) is 19.0. The average Bonchev–Trinajstić information content (AvgIpc) is 2.75. The lowest BCUT2D eigenvalue weighted by atomic mass is 9.84. The minimum Gasteiger partial charge on any atom is -0.354 e. The maximum Gasteiger partial charge on any atom is 0.242 e. The van der Waals surface area contributed by atoms with Gasteiger partial charge in [0.2, 0.25) is 11.8 Å². The molecule has 1 saturated carbocycles. The zero-order valence-corrected chi connectivity index (χ0v) is 19.8. The quantitative estimate of drug-likeness (QED) is 0.490. The van der Waals surface area contributed by atoms with Crippen molar-refractivity contribution in [3.8, 4) is 0 Å². The van der Waals surface area contributed by atoms with E-state index in [2.05, 4.69) is 36.6 Å². The lowest BCUT2D eigenvalue weighted by Gasteiger charge is -2.28. The van der Waals surface area contributed by atoms with Crippen molar-refractivity contribution in [2.45, 2.75) is 83.4 Å². The van der Waals surface area contributed by atoms with Crippen LogP contribution in [0.25, 0.3) is 0 Å². The van der Waals surface area contributed by atoms with Gasteiger partial charge in [0.25, 0.3) is 0 Å². The van der Waals surface area contributed by atoms with Crippen molar-refractivity contribution in [1.29, 1.82) is 0 Å². The van der Waals surface area contributed by atoms with Gasteiger partial charge in [-0.25, -0.2) is 0 Å². The molecule has 1 aromatic rings. The maximum atomic E-state index is 13.0. The molecule has 0 heterocycles. The van der Waals surface area contributed by atoms with Gasteiger partial charge in [0, 0.05) is 6.54 Å². The number of thioether (sulfide) groups is 1. The molecule has 2 atom stereocenters. The van der Waals surface area contributed by atoms with E-state index in [0.29, 0.717) is 18.4 Å². The van der Waals surface area contributed by atoms with E-state index >= 15 is 0 Å². The second kappa shape index (κ2) is 13.7. The molecule has 1 fully saturated rings. The first-order chi connectivity index (χ1) is 14.5. The highest BCUT2D eigenvalue weighted by Crippen LogP contribution is 2.28. The number of hydrogen-bond acceptors (Lipinski definition) is 3. The molecule has 5 heteroatoms. The van der Waals surface area contributed by atoms with E-state index in [4.69, 9.17) is 0 Å². The number of amides is 2. The topological polar surface area (TPSA) is 58.2 Å². The first kappa shape index (κ1) is 24.8. The molecule has 1 unspecified atom stereocenters. The maximum absolute atomic E-state index is 13.0. The second-order valence-corrected chi connectivity index (χ2v) is 10.2. The van der Waals surface area contributed by atoms with Crippen molar-refractivity contribution in [2.75, 3.05) is 12.3 Å². The summed E-state index contributed by atoms with van der Waals surface area (Å²) in [5, 5.41) is 6.10. The Bertz CT molecular complexity index is 629. The fourth-order valence-electron chi connectivity index (χ4n) is 4.04. The summed E-state index contributed by atoms with van der Waals surface area (Å²) in [4.78, 5) is 25.9. The highest BCUT2D eigenvalue weighted by atomic mass is 32.2. The van der Waals surface area contributed by atoms with Crippen molar-refractivity contribution in [3.05, 3.63) is 35.9 Å². The Morgan fingerprint density at radius 2 is 1.77 bits per heavy atom. The lowest BCUT2D eigenvalue weighted by Crippen LogP contribution is -2.50. The van der Waals surface area contributed by atoms with Gasteiger partial charge in [-0.3, -0.25) is 9.59 Å². The molecule has 0 radical (unpaired) electrons. The van der Waals surface area contributed by atoms with E-state index in [9.17, 15) is 9.59 Å². The normalized spacial score (nSPS) is 16.8. The van der Waals surface area contributed by atoms with Gasteiger partial charge in [0.1, 0.15) is 6.04 Å². The summed E-state index contributed by atoms with van der Waals surface area (Å²) >= 11 is 1.71. The van der Waals surface area contributed by atoms with Crippen LogP contribution in [0.15, 0.2) is 30.3 Å². The van der Waals surface area contributed by atoms with Crippen molar-refractivity contribution >= 4 is 23.6 Å². The summed E-state index contributed by atoms with van der Waals surface area (Å²) in [7, 11) is 0. The summed E-state index contributed by atoms with van der Waals surface area (Å²) in [5.41, 5.74) is 1.21. The van der Waals surface area contributed by atoms with Crippen LogP contribution in [0.5, 0.6) is 0 Å². The SMILES string of the molecule is CCC(SCC(C)C)C(=O)N[C@@H](CC1CCCCC1)C(=O)NCCc1ccccc1. The molecule has 0 aliphatic heterocycles. The van der Waals surface area contributed by atoms with Crippen LogP contribution in [0.4, 0.5) is 0 Å². The minimum atomic E-state index is -0.426. The van der Waals surface area contributed by atoms with Crippen molar-refractivity contribution in [2.24, 2.45) is 11.8 Å². The van der Waals surface area contributed by atoms with Gasteiger partial charge in [-0.2, -0.15) is 0 Å². The van der Waals surface area contributed by atoms with Crippen molar-refractivity contribution < 1.29 is 9.59 Å². The van der Waals surface area contributed by atoms with Gasteiger partial charge in [-0.1, -0.05) is 83.2 Å². The first-order valence-electron chi connectivity index (χ1n) is 11.7. The Morgan fingerprint density at radius 1 is 1.07 bits per heavy atom. The molecule has 1 aromatic carbocycles. The fourth-order valence-corrected chi connectivity index (χ4v) is 5.11. The molecule has 168 valence electrons. The highest BCUT2D eigenvalue weighted by Gasteiger charge is 2.28. The predicted octanol–water partition coefficient (Wildman–Crippen LogP) is 4.97. The number of benzene rings is 1. The Kier molecular flexibility index (Phi) is 11.3. The van der Waals surface area contributed by atoms with E-state index in [-0.39, 0.29) is 17.1 Å². The number of carbonyl (C=O) groups excluding carboxylic acids is 2. The van der Waals surface area contributed by atoms with E-state index < -0.39 is 6.04 Å². The van der Waals surface area contributed by atoms with Gasteiger partial charge < -0.3 is 10.6 Å². The lowest BCUT2D eigenvalue weighted by molar-refractivity contribution is -0.129. The molecule has 0 spiro atoms. The first-order valence-corrected chi connectivity index (χ1v) is 12.8. The van der Waals surface area contributed by atoms with Gasteiger partial charge in [-0.05, 0) is 42.4 Å². The average molecular weight is 433 g/mol. The molecule has 0 saturated heterocycles. The number of carbonyl (C=O) groups is 2. The van der Waals surface area contributed by atoms with E-state index in [0.717, 1.165) is 25.0 Å². The van der Waals surface area contributed by atoms with Gasteiger partial charge in [0.05, 0.1) is 5.25 Å². The van der Waals surface area contributed by atoms with Gasteiger partial charge >= 0.3 is 0 Å². The summed E-state index contributed by atoms with van der Waals surface area (Å²) < 4.78 is 0. The third kappa shape index (κ3) is 9.11. The molecule has 2 rings (SSSR count). The van der Waals surface area contributed by atoms with Crippen molar-refractivity contribution in [1.82, 2.24) is 10.6 Å². The molecule has 2 N–H and O–H groups in total. The Hall–Kier alpha value is -1.49. The second-order valence-electron chi connectivity index (χ2n) is 8.95. The molecule has 4 nitrogen and oxygen atoms in total. The zero-order chi connectivity index (χ0) is 21.8. The molecule has 2 amide bonds. The van der Waals surface area contributed by atoms with Crippen LogP contribution < -0.4 is 10.6 Å². The van der Waals surface area contributed by atoms with Crippen LogP contribution in [0.2, 0.25) is 0 Å². The smallest absolute Gasteiger partial charge is 0.242 e. The van der Waals surface area contributed by atoms with Crippen LogP contribution >= 0.6 is 11.8 Å². The molecular formula is C25H40N2O2S. The van der Waals surface area contributed by atoms with E-state index in [1.165, 1.54) is 37.7 Å². The van der Waals surface area contributed by atoms with Crippen LogP contribution in [-0.4, -0.2) is 35.4 Å². The molecule has 1 aliphatic carbocycles. The third-order valence-corrected chi connectivity index (χ3v) is 7.59. The number of nitrogens with one attached hydrogen (secondary N) is 2. The highest BCUT2D eigenvalue weighted by molar-refractivity contribution is 8.00. The number of rotatable bonds is 12. The van der Waals surface area contributed by atoms with Crippen LogP contribution in [0, 0.1) is 11.8 Å². The Labute approximate surface area is 187 Å². The fraction of sp³-hybridized carbons (Fsp3) is 0.680. The molecular weight excluding hydrogens is 392 g/mol. The largest absolute Gasteiger partial charge is 0.354 e. The van der Waals surface area contributed by atoms with Crippen molar-refractivity contribution in [3.63, 3.8) is 0 Å². The van der Waals surface area contributed by atoms with E-state index in [1.54, 1.807) is 11.8 Å². The summed E-state index contributed by atoms with van der Waals surface area (Å²) in [6.45, 7) is 6.99. The monoisotopic (exact) mass is 432 g/mol. The van der Waals surface area contributed by atoms with Gasteiger partial charge in [-0.15, -0.1) is 11.8 Å². The Morgan fingerprint density at radius 3 is 2.40 bits per heavy atom.